The smallest absolute Gasteiger partial charge is 0.112 e. The third-order valence-electron chi connectivity index (χ3n) is 6.53. The van der Waals surface area contributed by atoms with Crippen LogP contribution in [-0.4, -0.2) is 53.2 Å². The number of fused-ring (bicyclic) bond motifs is 1. The molecule has 0 atom stereocenters. The van der Waals surface area contributed by atoms with Crippen LogP contribution >= 0.6 is 23.2 Å². The number of likely N-dealkylation sites (tertiary alicyclic amines) is 1. The first kappa shape index (κ1) is 20.9. The number of aromatic nitrogens is 2. The van der Waals surface area contributed by atoms with Gasteiger partial charge in [-0.25, -0.2) is 0 Å². The van der Waals surface area contributed by atoms with Crippen LogP contribution in [0, 0.1) is 5.92 Å². The van der Waals surface area contributed by atoms with Gasteiger partial charge in [-0.05, 0) is 75.6 Å². The molecule has 4 heterocycles. The fraction of sp³-hybridized carbons (Fsp3) is 0.478. The van der Waals surface area contributed by atoms with E-state index in [1.807, 2.05) is 18.2 Å². The van der Waals surface area contributed by atoms with Crippen LogP contribution in [0.4, 0.5) is 5.69 Å². The summed E-state index contributed by atoms with van der Waals surface area (Å²) in [6, 6.07) is 7.75. The van der Waals surface area contributed by atoms with Gasteiger partial charge in [0.25, 0.3) is 0 Å². The standard InChI is InChI=1S/C23H26Cl2N6/c1-30-9-6-15(7-10-30)20-12-21(28-27-20)22-13-23-19(26-29-22)3-2-8-31(23)14-16-11-17(24)4-5-18(16)25/h4-5,11,13,15H,2-3,6-10,12,14H2,1H3. The summed E-state index contributed by atoms with van der Waals surface area (Å²) in [6.45, 7) is 3.89. The zero-order valence-corrected chi connectivity index (χ0v) is 19.2. The Morgan fingerprint density at radius 3 is 2.71 bits per heavy atom. The maximum atomic E-state index is 6.43. The third-order valence-corrected chi connectivity index (χ3v) is 7.14. The Morgan fingerprint density at radius 2 is 1.87 bits per heavy atom. The molecule has 1 aromatic heterocycles. The van der Waals surface area contributed by atoms with Gasteiger partial charge in [-0.3, -0.25) is 0 Å². The van der Waals surface area contributed by atoms with Gasteiger partial charge in [0, 0.05) is 41.2 Å². The van der Waals surface area contributed by atoms with E-state index in [0.29, 0.717) is 17.5 Å². The molecular weight excluding hydrogens is 431 g/mol. The van der Waals surface area contributed by atoms with E-state index in [1.54, 1.807) is 0 Å². The number of halogens is 2. The number of hydrogen-bond acceptors (Lipinski definition) is 6. The van der Waals surface area contributed by atoms with Gasteiger partial charge in [-0.15, -0.1) is 5.10 Å². The SMILES string of the molecule is CN1CCC(C2=NN=C(c3cc4c(nn3)CCCN4Cc3cc(Cl)ccc3Cl)C2)CC1. The summed E-state index contributed by atoms with van der Waals surface area (Å²) < 4.78 is 0. The largest absolute Gasteiger partial charge is 0.366 e. The van der Waals surface area contributed by atoms with Gasteiger partial charge in [-0.1, -0.05) is 23.2 Å². The highest BCUT2D eigenvalue weighted by Crippen LogP contribution is 2.31. The molecule has 0 unspecified atom stereocenters. The summed E-state index contributed by atoms with van der Waals surface area (Å²) in [7, 11) is 2.18. The second kappa shape index (κ2) is 8.85. The molecule has 3 aliphatic rings. The number of piperidine rings is 1. The first-order valence-corrected chi connectivity index (χ1v) is 11.7. The summed E-state index contributed by atoms with van der Waals surface area (Å²) in [5, 5.41) is 19.5. The molecule has 1 fully saturated rings. The molecule has 2 aromatic rings. The summed E-state index contributed by atoms with van der Waals surface area (Å²) in [5.74, 6) is 0.532. The molecule has 0 N–H and O–H groups in total. The number of benzene rings is 1. The fourth-order valence-electron chi connectivity index (χ4n) is 4.67. The lowest BCUT2D eigenvalue weighted by Crippen LogP contribution is -2.33. The Labute approximate surface area is 193 Å². The monoisotopic (exact) mass is 456 g/mol. The van der Waals surface area contributed by atoms with E-state index in [2.05, 4.69) is 43.3 Å². The zero-order chi connectivity index (χ0) is 21.4. The zero-order valence-electron chi connectivity index (χ0n) is 17.7. The van der Waals surface area contributed by atoms with E-state index in [1.165, 1.54) is 5.71 Å². The molecule has 162 valence electrons. The molecule has 6 nitrogen and oxygen atoms in total. The molecule has 1 aromatic carbocycles. The minimum Gasteiger partial charge on any atom is -0.366 e. The molecule has 1 saturated heterocycles. The van der Waals surface area contributed by atoms with Crippen molar-refractivity contribution in [1.82, 2.24) is 15.1 Å². The van der Waals surface area contributed by atoms with Gasteiger partial charge < -0.3 is 9.80 Å². The number of hydrogen-bond donors (Lipinski definition) is 0. The molecule has 0 radical (unpaired) electrons. The lowest BCUT2D eigenvalue weighted by molar-refractivity contribution is 0.251. The van der Waals surface area contributed by atoms with Crippen molar-refractivity contribution in [2.24, 2.45) is 16.1 Å². The maximum absolute atomic E-state index is 6.43. The van der Waals surface area contributed by atoms with Crippen LogP contribution < -0.4 is 4.90 Å². The van der Waals surface area contributed by atoms with Crippen molar-refractivity contribution in [3.63, 3.8) is 0 Å². The van der Waals surface area contributed by atoms with E-state index in [4.69, 9.17) is 23.2 Å². The average Bonchev–Trinajstić information content (AvgIpc) is 3.27. The van der Waals surface area contributed by atoms with Gasteiger partial charge >= 0.3 is 0 Å². The van der Waals surface area contributed by atoms with Crippen molar-refractivity contribution in [3.05, 3.63) is 51.3 Å². The van der Waals surface area contributed by atoms with Crippen LogP contribution in [-0.2, 0) is 13.0 Å². The van der Waals surface area contributed by atoms with Crippen LogP contribution in [0.3, 0.4) is 0 Å². The molecule has 3 aliphatic heterocycles. The first-order valence-electron chi connectivity index (χ1n) is 10.9. The van der Waals surface area contributed by atoms with Crippen LogP contribution in [0.25, 0.3) is 0 Å². The van der Waals surface area contributed by atoms with Crippen LogP contribution in [0.15, 0.2) is 34.5 Å². The Kier molecular flexibility index (Phi) is 5.95. The first-order chi connectivity index (χ1) is 15.1. The van der Waals surface area contributed by atoms with Gasteiger partial charge in [0.1, 0.15) is 5.69 Å². The lowest BCUT2D eigenvalue weighted by atomic mass is 9.89. The Morgan fingerprint density at radius 1 is 1.03 bits per heavy atom. The quantitative estimate of drug-likeness (QED) is 0.672. The molecule has 8 heteroatoms. The van der Waals surface area contributed by atoms with Crippen molar-refractivity contribution >= 4 is 40.3 Å². The summed E-state index contributed by atoms with van der Waals surface area (Å²) in [5.41, 5.74) is 6.12. The second-order valence-electron chi connectivity index (χ2n) is 8.71. The maximum Gasteiger partial charge on any atom is 0.112 e. The van der Waals surface area contributed by atoms with Crippen molar-refractivity contribution in [2.75, 3.05) is 31.6 Å². The van der Waals surface area contributed by atoms with Crippen LogP contribution in [0.1, 0.15) is 42.6 Å². The van der Waals surface area contributed by atoms with Crippen molar-refractivity contribution in [3.8, 4) is 0 Å². The van der Waals surface area contributed by atoms with E-state index >= 15 is 0 Å². The number of aryl methyl sites for hydroxylation is 1. The minimum atomic E-state index is 0.532. The predicted molar refractivity (Wildman–Crippen MR) is 127 cm³/mol. The summed E-state index contributed by atoms with van der Waals surface area (Å²) in [4.78, 5) is 4.70. The number of nitrogens with zero attached hydrogens (tertiary/aromatic N) is 6. The molecular formula is C23H26Cl2N6. The highest BCUT2D eigenvalue weighted by molar-refractivity contribution is 6.33. The number of anilines is 1. The molecule has 0 spiro atoms. The molecule has 0 aliphatic carbocycles. The Balaban J connectivity index is 1.34. The van der Waals surface area contributed by atoms with Gasteiger partial charge in [0.15, 0.2) is 0 Å². The lowest BCUT2D eigenvalue weighted by Gasteiger charge is -2.31. The van der Waals surface area contributed by atoms with E-state index in [-0.39, 0.29) is 0 Å². The molecule has 0 saturated carbocycles. The van der Waals surface area contributed by atoms with Crippen LogP contribution in [0.5, 0.6) is 0 Å². The Bertz CT molecular complexity index is 1040. The summed E-state index contributed by atoms with van der Waals surface area (Å²) >= 11 is 12.6. The van der Waals surface area contributed by atoms with E-state index < -0.39 is 0 Å². The molecule has 0 bridgehead atoms. The second-order valence-corrected chi connectivity index (χ2v) is 9.56. The normalized spacial score (nSPS) is 19.9. The van der Waals surface area contributed by atoms with Crippen molar-refractivity contribution in [2.45, 2.75) is 38.6 Å². The third kappa shape index (κ3) is 4.47. The van der Waals surface area contributed by atoms with Gasteiger partial charge in [0.05, 0.1) is 17.1 Å². The molecule has 0 amide bonds. The molecule has 31 heavy (non-hydrogen) atoms. The topological polar surface area (TPSA) is 57.0 Å². The number of rotatable bonds is 4. The highest BCUT2D eigenvalue weighted by atomic mass is 35.5. The average molecular weight is 457 g/mol. The van der Waals surface area contributed by atoms with Gasteiger partial charge in [-0.2, -0.15) is 15.3 Å². The Hall–Kier alpha value is -2.02. The highest BCUT2D eigenvalue weighted by Gasteiger charge is 2.28. The van der Waals surface area contributed by atoms with E-state index in [0.717, 1.165) is 85.1 Å². The molecule has 5 rings (SSSR count). The summed E-state index contributed by atoms with van der Waals surface area (Å²) in [6.07, 6.45) is 5.07. The van der Waals surface area contributed by atoms with Crippen LogP contribution in [0.2, 0.25) is 10.0 Å². The van der Waals surface area contributed by atoms with Gasteiger partial charge in [0.2, 0.25) is 0 Å². The predicted octanol–water partition coefficient (Wildman–Crippen LogP) is 4.63. The van der Waals surface area contributed by atoms with Crippen molar-refractivity contribution in [1.29, 1.82) is 0 Å². The van der Waals surface area contributed by atoms with E-state index in [9.17, 15) is 0 Å². The fourth-order valence-corrected chi connectivity index (χ4v) is 5.04. The van der Waals surface area contributed by atoms with Crippen molar-refractivity contribution < 1.29 is 0 Å². The minimum absolute atomic E-state index is 0.532.